The van der Waals surface area contributed by atoms with E-state index in [2.05, 4.69) is 106 Å². The molecule has 6 nitrogen and oxygen atoms in total. The number of hydrogen-bond acceptors (Lipinski definition) is 6. The fourth-order valence-electron chi connectivity index (χ4n) is 9.97. The molecule has 0 radical (unpaired) electrons. The van der Waals surface area contributed by atoms with Crippen LogP contribution in [0.2, 0.25) is 0 Å². The summed E-state index contributed by atoms with van der Waals surface area (Å²) in [5, 5.41) is 0. The minimum atomic E-state index is -0.780. The Labute approximate surface area is 496 Å². The molecule has 1 atom stereocenters. The zero-order valence-electron chi connectivity index (χ0n) is 53.1. The monoisotopic (exact) mass is 1110 g/mol. The Kier molecular flexibility index (Phi) is 65.2. The predicted molar refractivity (Wildman–Crippen MR) is 348 cm³/mol. The largest absolute Gasteiger partial charge is 0.462 e. The second-order valence-corrected chi connectivity index (χ2v) is 23.1. The molecule has 80 heavy (non-hydrogen) atoms. The maximum Gasteiger partial charge on any atom is 0.306 e. The van der Waals surface area contributed by atoms with Gasteiger partial charge in [0.1, 0.15) is 13.2 Å². The maximum atomic E-state index is 12.9. The number of rotatable bonds is 63. The molecule has 0 aliphatic heterocycles. The molecule has 1 unspecified atom stereocenters. The van der Waals surface area contributed by atoms with Crippen molar-refractivity contribution in [2.75, 3.05) is 13.2 Å². The highest BCUT2D eigenvalue weighted by molar-refractivity contribution is 5.71. The summed E-state index contributed by atoms with van der Waals surface area (Å²) in [5.41, 5.74) is 0. The molecule has 462 valence electrons. The van der Waals surface area contributed by atoms with Crippen molar-refractivity contribution in [2.45, 2.75) is 354 Å². The van der Waals surface area contributed by atoms with E-state index < -0.39 is 6.10 Å². The van der Waals surface area contributed by atoms with E-state index in [9.17, 15) is 14.4 Å². The molecule has 0 rings (SSSR count). The average molecular weight is 1120 g/mol. The van der Waals surface area contributed by atoms with Crippen LogP contribution in [0.25, 0.3) is 0 Å². The molecule has 0 N–H and O–H groups in total. The van der Waals surface area contributed by atoms with Crippen molar-refractivity contribution in [1.29, 1.82) is 0 Å². The van der Waals surface area contributed by atoms with E-state index in [0.717, 1.165) is 109 Å². The van der Waals surface area contributed by atoms with Crippen LogP contribution in [-0.2, 0) is 28.6 Å². The molecule has 0 aromatic rings. The Morgan fingerprint density at radius 1 is 0.263 bits per heavy atom. The molecule has 6 heteroatoms. The van der Waals surface area contributed by atoms with Crippen molar-refractivity contribution in [3.05, 3.63) is 85.1 Å². The molecule has 0 amide bonds. The van der Waals surface area contributed by atoms with Gasteiger partial charge in [-0.25, -0.2) is 0 Å². The summed E-state index contributed by atoms with van der Waals surface area (Å²) in [7, 11) is 0. The molecule has 0 fully saturated rings. The number of carbonyl (C=O) groups is 3. The highest BCUT2D eigenvalue weighted by Gasteiger charge is 2.19. The molecule has 0 aliphatic carbocycles. The van der Waals surface area contributed by atoms with E-state index in [4.69, 9.17) is 14.2 Å². The lowest BCUT2D eigenvalue weighted by atomic mass is 10.0. The summed E-state index contributed by atoms with van der Waals surface area (Å²) < 4.78 is 16.9. The third-order valence-electron chi connectivity index (χ3n) is 15.1. The Morgan fingerprint density at radius 3 is 0.787 bits per heavy atom. The summed E-state index contributed by atoms with van der Waals surface area (Å²) in [6.45, 7) is 6.52. The van der Waals surface area contributed by atoms with Gasteiger partial charge in [0.05, 0.1) is 0 Å². The average Bonchev–Trinajstić information content (AvgIpc) is 3.46. The lowest BCUT2D eigenvalue weighted by molar-refractivity contribution is -0.167. The lowest BCUT2D eigenvalue weighted by Crippen LogP contribution is -2.30. The summed E-state index contributed by atoms with van der Waals surface area (Å²) in [6, 6.07) is 0. The van der Waals surface area contributed by atoms with Crippen molar-refractivity contribution in [1.82, 2.24) is 0 Å². The van der Waals surface area contributed by atoms with Crippen LogP contribution in [0.3, 0.4) is 0 Å². The highest BCUT2D eigenvalue weighted by atomic mass is 16.6. The van der Waals surface area contributed by atoms with Crippen molar-refractivity contribution < 1.29 is 28.6 Å². The van der Waals surface area contributed by atoms with Crippen LogP contribution in [0.1, 0.15) is 348 Å². The van der Waals surface area contributed by atoms with Gasteiger partial charge in [-0.3, -0.25) is 14.4 Å². The zero-order valence-corrected chi connectivity index (χ0v) is 53.1. The summed E-state index contributed by atoms with van der Waals surface area (Å²) in [6.07, 6.45) is 90.5. The molecule has 0 heterocycles. The molecule has 0 aromatic carbocycles. The molecular weight excluding hydrogens is 985 g/mol. The zero-order chi connectivity index (χ0) is 57.8. The molecule has 0 aromatic heterocycles. The van der Waals surface area contributed by atoms with Gasteiger partial charge in [-0.2, -0.15) is 0 Å². The maximum absolute atomic E-state index is 12.9. The van der Waals surface area contributed by atoms with Crippen LogP contribution in [-0.4, -0.2) is 37.2 Å². The van der Waals surface area contributed by atoms with E-state index in [0.29, 0.717) is 19.3 Å². The minimum absolute atomic E-state index is 0.0766. The molecular formula is C74H130O6. The summed E-state index contributed by atoms with van der Waals surface area (Å²) in [4.78, 5) is 38.3. The molecule has 0 spiro atoms. The summed E-state index contributed by atoms with van der Waals surface area (Å²) in [5.74, 6) is -0.873. The SMILES string of the molecule is CC/C=C\C/C=C\C/C=C\C/C=C\CCCCCCCCCCCCCCCCCCCCCCC(=O)OCC(COC(=O)CCCCCCCCCCCC)OC(=O)CCCCCCCC/C=C\C/C=C\C/C=C\CCCCC. The first-order chi connectivity index (χ1) is 39.5. The quantitative estimate of drug-likeness (QED) is 0.0261. The second kappa shape index (κ2) is 68.1. The molecule has 0 bridgehead atoms. The van der Waals surface area contributed by atoms with Crippen molar-refractivity contribution in [3.63, 3.8) is 0 Å². The topological polar surface area (TPSA) is 78.9 Å². The summed E-state index contributed by atoms with van der Waals surface area (Å²) >= 11 is 0. The Morgan fingerprint density at radius 2 is 0.487 bits per heavy atom. The first kappa shape index (κ1) is 76.6. The second-order valence-electron chi connectivity index (χ2n) is 23.1. The van der Waals surface area contributed by atoms with Gasteiger partial charge in [0.2, 0.25) is 0 Å². The molecule has 0 saturated heterocycles. The number of ether oxygens (including phenoxy) is 3. The highest BCUT2D eigenvalue weighted by Crippen LogP contribution is 2.18. The van der Waals surface area contributed by atoms with E-state index in [1.807, 2.05) is 0 Å². The van der Waals surface area contributed by atoms with Gasteiger partial charge < -0.3 is 14.2 Å². The van der Waals surface area contributed by atoms with Crippen LogP contribution in [0.5, 0.6) is 0 Å². The van der Waals surface area contributed by atoms with Gasteiger partial charge in [0.15, 0.2) is 6.10 Å². The van der Waals surface area contributed by atoms with Crippen molar-refractivity contribution in [3.8, 4) is 0 Å². The lowest BCUT2D eigenvalue weighted by Gasteiger charge is -2.18. The smallest absolute Gasteiger partial charge is 0.306 e. The third kappa shape index (κ3) is 65.4. The number of unbranched alkanes of at least 4 members (excludes halogenated alkanes) is 38. The molecule has 0 aliphatic rings. The predicted octanol–water partition coefficient (Wildman–Crippen LogP) is 23.8. The van der Waals surface area contributed by atoms with Gasteiger partial charge >= 0.3 is 17.9 Å². The third-order valence-corrected chi connectivity index (χ3v) is 15.1. The van der Waals surface area contributed by atoms with E-state index >= 15 is 0 Å². The van der Waals surface area contributed by atoms with Crippen molar-refractivity contribution >= 4 is 17.9 Å². The van der Waals surface area contributed by atoms with E-state index in [1.165, 1.54) is 199 Å². The number of esters is 3. The van der Waals surface area contributed by atoms with Crippen LogP contribution < -0.4 is 0 Å². The standard InChI is InChI=1S/C74H130O6/c1-4-7-10-13-16-19-22-24-26-28-30-31-32-33-34-35-36-37-38-39-40-41-42-43-45-46-48-50-52-55-58-61-64-67-73(76)79-70-71(69-78-72(75)66-63-60-57-54-21-18-15-12-9-6-3)80-74(77)68-65-62-59-56-53-51-49-47-44-29-27-25-23-20-17-14-11-8-5-2/h7,10,16-17,19-20,24-27,30-31,44,47,71H,4-6,8-9,11-15,18,21-23,28-29,32-43,45-46,48-70H2,1-3H3/b10-7-,19-16-,20-17-,26-24-,27-25-,31-30-,47-44-. The Balaban J connectivity index is 4.11. The number of allylic oxidation sites excluding steroid dienone is 14. The first-order valence-corrected chi connectivity index (χ1v) is 34.6. The fraction of sp³-hybridized carbons (Fsp3) is 0.770. The fourth-order valence-corrected chi connectivity index (χ4v) is 9.97. The van der Waals surface area contributed by atoms with E-state index in [-0.39, 0.29) is 31.1 Å². The van der Waals surface area contributed by atoms with Gasteiger partial charge in [-0.05, 0) is 96.3 Å². The van der Waals surface area contributed by atoms with Gasteiger partial charge in [-0.15, -0.1) is 0 Å². The normalized spacial score (nSPS) is 12.6. The Hall–Kier alpha value is -3.41. The van der Waals surface area contributed by atoms with Crippen LogP contribution in [0.4, 0.5) is 0 Å². The van der Waals surface area contributed by atoms with Crippen molar-refractivity contribution in [2.24, 2.45) is 0 Å². The van der Waals surface area contributed by atoms with Crippen LogP contribution in [0, 0.1) is 0 Å². The first-order valence-electron chi connectivity index (χ1n) is 34.6. The number of carbonyl (C=O) groups excluding carboxylic acids is 3. The molecule has 0 saturated carbocycles. The van der Waals surface area contributed by atoms with Gasteiger partial charge in [-0.1, -0.05) is 318 Å². The van der Waals surface area contributed by atoms with Gasteiger partial charge in [0, 0.05) is 19.3 Å². The van der Waals surface area contributed by atoms with Crippen LogP contribution in [0.15, 0.2) is 85.1 Å². The van der Waals surface area contributed by atoms with Crippen LogP contribution >= 0.6 is 0 Å². The number of hydrogen-bond donors (Lipinski definition) is 0. The minimum Gasteiger partial charge on any atom is -0.462 e. The van der Waals surface area contributed by atoms with Gasteiger partial charge in [0.25, 0.3) is 0 Å². The van der Waals surface area contributed by atoms with E-state index in [1.54, 1.807) is 0 Å². The Bertz CT molecular complexity index is 1520.